The quantitative estimate of drug-likeness (QED) is 0.0151. The highest BCUT2D eigenvalue weighted by Gasteiger charge is 2.45. The number of likely N-dealkylation sites (tertiary alicyclic amines) is 2. The highest BCUT2D eigenvalue weighted by atomic mass is 16.5. The van der Waals surface area contributed by atoms with E-state index in [0.29, 0.717) is 58.3 Å². The summed E-state index contributed by atoms with van der Waals surface area (Å²) in [4.78, 5) is 115. The predicted molar refractivity (Wildman–Crippen MR) is 326 cm³/mol. The summed E-state index contributed by atoms with van der Waals surface area (Å²) in [5.74, 6) is -2.60. The second kappa shape index (κ2) is 32.7. The van der Waals surface area contributed by atoms with Gasteiger partial charge in [-0.3, -0.25) is 59.0 Å². The number of nitrogens with one attached hydrogen (secondary N) is 6. The second-order valence-corrected chi connectivity index (χ2v) is 24.8. The first-order chi connectivity index (χ1) is 39.9. The largest absolute Gasteiger partial charge is 0.381 e. The molecule has 9 atom stereocenters. The van der Waals surface area contributed by atoms with E-state index in [2.05, 4.69) is 65.6 Å². The summed E-state index contributed by atoms with van der Waals surface area (Å²) < 4.78 is 12.2. The summed E-state index contributed by atoms with van der Waals surface area (Å²) in [5, 5.41) is 10.4. The molecule has 0 radical (unpaired) electrons. The van der Waals surface area contributed by atoms with Crippen molar-refractivity contribution in [3.63, 3.8) is 0 Å². The number of rotatable bonds is 33. The number of H-pyrrole nitrogens is 1. The van der Waals surface area contributed by atoms with Gasteiger partial charge in [-0.2, -0.15) is 0 Å². The third kappa shape index (κ3) is 19.0. The second-order valence-electron chi connectivity index (χ2n) is 24.8. The molecule has 2 fully saturated rings. The lowest BCUT2D eigenvalue weighted by Crippen LogP contribution is -2.54. The molecule has 19 nitrogen and oxygen atoms in total. The van der Waals surface area contributed by atoms with E-state index < -0.39 is 35.6 Å². The lowest BCUT2D eigenvalue weighted by atomic mass is 9.82. The number of benzene rings is 2. The van der Waals surface area contributed by atoms with Crippen molar-refractivity contribution in [2.24, 2.45) is 35.0 Å². The number of amides is 8. The van der Waals surface area contributed by atoms with Crippen LogP contribution in [0.25, 0.3) is 10.9 Å². The number of ether oxygens (including phenoxy) is 2. The number of para-hydroxylation sites is 1. The van der Waals surface area contributed by atoms with Crippen molar-refractivity contribution in [2.75, 3.05) is 40.9 Å². The molecule has 1 aromatic heterocycles. The maximum atomic E-state index is 14.5. The summed E-state index contributed by atoms with van der Waals surface area (Å²) >= 11 is 0. The Kier molecular flexibility index (Phi) is 26.6. The van der Waals surface area contributed by atoms with Gasteiger partial charge in [0.15, 0.2) is 0 Å². The van der Waals surface area contributed by atoms with E-state index in [1.54, 1.807) is 35.0 Å². The number of hydrogen-bond donors (Lipinski definition) is 6. The lowest BCUT2D eigenvalue weighted by molar-refractivity contribution is -0.143. The molecule has 7 unspecified atom stereocenters. The van der Waals surface area contributed by atoms with Gasteiger partial charge in [0, 0.05) is 76.6 Å². The van der Waals surface area contributed by atoms with Crippen molar-refractivity contribution in [1.29, 1.82) is 0 Å². The molecular formula is C65H99N9O10. The lowest BCUT2D eigenvalue weighted by Gasteiger charge is -2.36. The van der Waals surface area contributed by atoms with Crippen LogP contribution in [0.5, 0.6) is 0 Å². The molecule has 464 valence electrons. The minimum Gasteiger partial charge on any atom is -0.381 e. The first-order valence-electron chi connectivity index (χ1n) is 30.6. The maximum absolute atomic E-state index is 14.5. The van der Waals surface area contributed by atoms with Crippen LogP contribution in [-0.4, -0.2) is 144 Å². The first-order valence-corrected chi connectivity index (χ1v) is 30.6. The van der Waals surface area contributed by atoms with Gasteiger partial charge in [-0.15, -0.1) is 0 Å². The fourth-order valence-corrected chi connectivity index (χ4v) is 12.3. The van der Waals surface area contributed by atoms with E-state index in [0.717, 1.165) is 40.4 Å². The number of nitrogens with zero attached hydrogens (tertiary/aromatic N) is 3. The Balaban J connectivity index is 1.13. The number of carbonyl (C=O) groups is 8. The van der Waals surface area contributed by atoms with Crippen molar-refractivity contribution >= 4 is 58.2 Å². The monoisotopic (exact) mass is 1170 g/mol. The molecule has 3 aromatic rings. The van der Waals surface area contributed by atoms with Crippen LogP contribution in [-0.2, 0) is 60.8 Å². The van der Waals surface area contributed by atoms with E-state index in [4.69, 9.17) is 9.47 Å². The number of aromatic amines is 1. The average Bonchev–Trinajstić information content (AvgIpc) is 4.19. The molecule has 6 N–H and O–H groups in total. The molecule has 0 spiro atoms. The highest BCUT2D eigenvalue weighted by molar-refractivity contribution is 6.05. The summed E-state index contributed by atoms with van der Waals surface area (Å²) in [6.07, 6.45) is 8.38. The van der Waals surface area contributed by atoms with E-state index in [1.807, 2.05) is 98.4 Å². The fraction of sp³-hybridized carbons (Fsp3) is 0.631. The van der Waals surface area contributed by atoms with Crippen molar-refractivity contribution in [3.8, 4) is 0 Å². The third-order valence-corrected chi connectivity index (χ3v) is 17.2. The summed E-state index contributed by atoms with van der Waals surface area (Å²) in [7, 11) is 5.08. The number of unbranched alkanes of at least 4 members (excludes halogenated alkanes) is 2. The van der Waals surface area contributed by atoms with E-state index in [1.165, 1.54) is 4.90 Å². The van der Waals surface area contributed by atoms with Crippen LogP contribution in [0.2, 0.25) is 0 Å². The third-order valence-electron chi connectivity index (χ3n) is 17.2. The average molecular weight is 1170 g/mol. The number of methoxy groups -OCH3 is 2. The minimum absolute atomic E-state index is 0.00563. The summed E-state index contributed by atoms with van der Waals surface area (Å²) in [6, 6.07) is 15.5. The highest BCUT2D eigenvalue weighted by Crippen LogP contribution is 2.33. The van der Waals surface area contributed by atoms with Gasteiger partial charge in [-0.25, -0.2) is 0 Å². The van der Waals surface area contributed by atoms with E-state index in [-0.39, 0.29) is 115 Å². The van der Waals surface area contributed by atoms with Crippen molar-refractivity contribution in [1.82, 2.24) is 46.5 Å². The number of imide groups is 1. The van der Waals surface area contributed by atoms with Crippen LogP contribution in [0.1, 0.15) is 151 Å². The molecule has 19 heteroatoms. The molecule has 0 bridgehead atoms. The molecule has 0 aliphatic carbocycles. The van der Waals surface area contributed by atoms with Crippen LogP contribution >= 0.6 is 0 Å². The zero-order chi connectivity index (χ0) is 61.8. The van der Waals surface area contributed by atoms with Gasteiger partial charge >= 0.3 is 0 Å². The Hall–Kier alpha value is -6.44. The predicted octanol–water partition coefficient (Wildman–Crippen LogP) is 7.54. The number of allylic oxidation sites excluding steroid dienone is 1. The van der Waals surface area contributed by atoms with Gasteiger partial charge in [0.1, 0.15) is 6.04 Å². The smallest absolute Gasteiger partial charge is 0.243 e. The molecule has 84 heavy (non-hydrogen) atoms. The number of carbonyl (C=O) groups excluding carboxylic acids is 8. The zero-order valence-corrected chi connectivity index (χ0v) is 52.4. The van der Waals surface area contributed by atoms with Crippen LogP contribution in [0, 0.1) is 35.0 Å². The number of hydrazine groups is 1. The Morgan fingerprint density at radius 3 is 2.11 bits per heavy atom. The minimum atomic E-state index is -0.881. The molecule has 3 heterocycles. The molecule has 0 saturated carbocycles. The molecule has 2 aliphatic heterocycles. The number of aromatic nitrogens is 1. The van der Waals surface area contributed by atoms with Crippen molar-refractivity contribution < 1.29 is 47.8 Å². The van der Waals surface area contributed by atoms with Crippen molar-refractivity contribution in [2.45, 2.75) is 189 Å². The van der Waals surface area contributed by atoms with Crippen LogP contribution < -0.4 is 26.8 Å². The molecular weight excluding hydrogens is 1070 g/mol. The van der Waals surface area contributed by atoms with E-state index >= 15 is 0 Å². The van der Waals surface area contributed by atoms with Gasteiger partial charge in [0.25, 0.3) is 0 Å². The Bertz CT molecular complexity index is 2710. The van der Waals surface area contributed by atoms with Crippen LogP contribution in [0.4, 0.5) is 0 Å². The summed E-state index contributed by atoms with van der Waals surface area (Å²) in [5.41, 5.74) is 8.09. The molecule has 8 amide bonds. The maximum Gasteiger partial charge on any atom is 0.243 e. The molecule has 2 aliphatic rings. The number of likely N-dealkylation sites (N-methyl/N-ethyl adjacent to an activating group) is 1. The fourth-order valence-electron chi connectivity index (χ4n) is 12.3. The van der Waals surface area contributed by atoms with Crippen molar-refractivity contribution in [3.05, 3.63) is 83.6 Å². The van der Waals surface area contributed by atoms with E-state index in [9.17, 15) is 38.4 Å². The Morgan fingerprint density at radius 1 is 0.821 bits per heavy atom. The first kappa shape index (κ1) is 68.3. The van der Waals surface area contributed by atoms with Gasteiger partial charge in [-0.1, -0.05) is 129 Å². The number of hydrogen-bond acceptors (Lipinski definition) is 11. The van der Waals surface area contributed by atoms with Crippen LogP contribution in [0.15, 0.2) is 72.4 Å². The zero-order valence-electron chi connectivity index (χ0n) is 52.4. The van der Waals surface area contributed by atoms with Gasteiger partial charge in [0.2, 0.25) is 47.3 Å². The standard InChI is InChI=1S/C65H99N9O10/c1-14-47(35-43(6)58(41(2)3)69-63(81)59(42(4)5)72(11)32-24-31-55(76)71-70-54(75)30-19-16-22-33-74-57(78)38-65(9,10)64(74)82)44(7)53(83-12)37-56(77)73-34-23-29-52(73)60(84-13)45(8)61(79)68-51(62(80)67-39-46-25-17-15-18-26-46)36-48-40-66-50-28-21-20-27-49(48)50/h15,17-18,20-21,25-28,35,40-42,44-45,47,51-53,58-60,66H,14,16,19,22-24,29-34,36-39H2,1-13H3,(H,67,80)(H,68,79)(H,69,81)(H,70,75)(H,71,76)/b43-35+/t44?,45?,47?,51-,52?,53?,58-,59?,60?/m0/s1. The SMILES string of the molecule is CCC(/C=C(\C)[C@@H](NC(=O)C(C(C)C)N(C)CCCC(=O)NNC(=O)CCCCCN1C(=O)CC(C)(C)C1=O)C(C)C)C(C)C(CC(=O)N1CCCC1C(OC)C(C)C(=O)N[C@@H](Cc1c[nH]c2ccccc12)C(=O)NCc1ccccc1)OC. The van der Waals surface area contributed by atoms with Gasteiger partial charge < -0.3 is 35.3 Å². The van der Waals surface area contributed by atoms with Crippen LogP contribution in [0.3, 0.4) is 0 Å². The van der Waals surface area contributed by atoms with Gasteiger partial charge in [-0.05, 0) is 99.9 Å². The Labute approximate surface area is 499 Å². The molecule has 2 saturated heterocycles. The number of fused-ring (bicyclic) bond motifs is 1. The topological polar surface area (TPSA) is 241 Å². The Morgan fingerprint density at radius 2 is 1.49 bits per heavy atom. The summed E-state index contributed by atoms with van der Waals surface area (Å²) in [6.45, 7) is 21.4. The normalized spacial score (nSPS) is 18.3. The molecule has 5 rings (SSSR count). The molecule has 2 aromatic carbocycles. The van der Waals surface area contributed by atoms with Gasteiger partial charge in [0.05, 0.1) is 48.1 Å².